The maximum Gasteiger partial charge on any atom is 0.0294 e. The van der Waals surface area contributed by atoms with Crippen molar-refractivity contribution in [3.8, 4) is 0 Å². The van der Waals surface area contributed by atoms with E-state index in [1.165, 1.54) is 14.7 Å². The van der Waals surface area contributed by atoms with Gasteiger partial charge in [-0.15, -0.1) is 0 Å². The van der Waals surface area contributed by atoms with Gasteiger partial charge >= 0.3 is 0 Å². The highest BCUT2D eigenvalue weighted by molar-refractivity contribution is 14.1. The Hall–Kier alpha value is -0.870. The van der Waals surface area contributed by atoms with Crippen LogP contribution < -0.4 is 5.32 Å². The highest BCUT2D eigenvalue weighted by Gasteiger charge is 2.09. The Morgan fingerprint density at radius 2 is 1.58 bits per heavy atom. The Labute approximate surface area is 129 Å². The molecule has 1 nitrogen and oxygen atoms in total. The molecule has 2 atom stereocenters. The summed E-state index contributed by atoms with van der Waals surface area (Å²) in [5.74, 6) is 0. The Balaban J connectivity index is 1.91. The number of benzene rings is 2. The summed E-state index contributed by atoms with van der Waals surface area (Å²) < 4.78 is 1.28. The third kappa shape index (κ3) is 4.62. The van der Waals surface area contributed by atoms with E-state index in [1.807, 2.05) is 0 Å². The predicted molar refractivity (Wildman–Crippen MR) is 90.3 cm³/mol. The fourth-order valence-corrected chi connectivity index (χ4v) is 2.66. The van der Waals surface area contributed by atoms with E-state index in [9.17, 15) is 0 Å². The minimum Gasteiger partial charge on any atom is -0.307 e. The topological polar surface area (TPSA) is 12.0 Å². The first-order valence-corrected chi connectivity index (χ1v) is 7.78. The van der Waals surface area contributed by atoms with Crippen LogP contribution in [0, 0.1) is 3.57 Å². The lowest BCUT2D eigenvalue weighted by Crippen LogP contribution is -2.30. The molecular formula is C17H20IN. The maximum atomic E-state index is 3.66. The average Bonchev–Trinajstić information content (AvgIpc) is 2.40. The smallest absolute Gasteiger partial charge is 0.0294 e. The summed E-state index contributed by atoms with van der Waals surface area (Å²) in [4.78, 5) is 0. The highest BCUT2D eigenvalue weighted by Crippen LogP contribution is 2.16. The van der Waals surface area contributed by atoms with Gasteiger partial charge in [-0.2, -0.15) is 0 Å². The summed E-state index contributed by atoms with van der Waals surface area (Å²) in [7, 11) is 0. The van der Waals surface area contributed by atoms with Gasteiger partial charge in [-0.1, -0.05) is 42.5 Å². The molecule has 0 heterocycles. The summed E-state index contributed by atoms with van der Waals surface area (Å²) >= 11 is 2.34. The molecule has 0 radical (unpaired) electrons. The average molecular weight is 365 g/mol. The molecule has 0 aliphatic carbocycles. The van der Waals surface area contributed by atoms with Crippen molar-refractivity contribution in [2.45, 2.75) is 32.4 Å². The van der Waals surface area contributed by atoms with Crippen molar-refractivity contribution < 1.29 is 0 Å². The van der Waals surface area contributed by atoms with E-state index < -0.39 is 0 Å². The molecule has 100 valence electrons. The molecule has 0 spiro atoms. The molecule has 1 N–H and O–H groups in total. The van der Waals surface area contributed by atoms with Crippen LogP contribution in [-0.4, -0.2) is 6.04 Å². The molecule has 2 rings (SSSR count). The van der Waals surface area contributed by atoms with Gasteiger partial charge in [0.1, 0.15) is 0 Å². The fourth-order valence-electron chi connectivity index (χ4n) is 2.30. The van der Waals surface area contributed by atoms with Crippen molar-refractivity contribution in [1.82, 2.24) is 5.32 Å². The molecule has 2 aromatic rings. The number of hydrogen-bond donors (Lipinski definition) is 1. The van der Waals surface area contributed by atoms with Crippen LogP contribution in [-0.2, 0) is 6.42 Å². The summed E-state index contributed by atoms with van der Waals surface area (Å²) in [5.41, 5.74) is 2.73. The zero-order valence-electron chi connectivity index (χ0n) is 11.4. The normalized spacial score (nSPS) is 14.1. The van der Waals surface area contributed by atoms with Crippen molar-refractivity contribution in [3.05, 3.63) is 69.3 Å². The lowest BCUT2D eigenvalue weighted by atomic mass is 10.0. The minimum atomic E-state index is 0.385. The molecular weight excluding hydrogens is 345 g/mol. The monoisotopic (exact) mass is 365 g/mol. The van der Waals surface area contributed by atoms with Crippen LogP contribution in [0.5, 0.6) is 0 Å². The van der Waals surface area contributed by atoms with Crippen molar-refractivity contribution >= 4 is 22.6 Å². The number of nitrogens with one attached hydrogen (secondary N) is 1. The summed E-state index contributed by atoms with van der Waals surface area (Å²) in [6, 6.07) is 20.2. The van der Waals surface area contributed by atoms with Gasteiger partial charge in [-0.05, 0) is 66.1 Å². The van der Waals surface area contributed by atoms with Crippen molar-refractivity contribution in [3.63, 3.8) is 0 Å². The standard InChI is InChI=1S/C17H20IN/c1-13(12-15-6-4-3-5-7-15)19-14(2)16-8-10-17(18)11-9-16/h3-11,13-14,19H,12H2,1-2H3. The van der Waals surface area contributed by atoms with Gasteiger partial charge in [0.25, 0.3) is 0 Å². The minimum absolute atomic E-state index is 0.385. The van der Waals surface area contributed by atoms with Crippen LogP contribution in [0.3, 0.4) is 0 Å². The fraction of sp³-hybridized carbons (Fsp3) is 0.294. The van der Waals surface area contributed by atoms with Gasteiger partial charge in [0, 0.05) is 15.7 Å². The van der Waals surface area contributed by atoms with E-state index in [4.69, 9.17) is 0 Å². The molecule has 0 aliphatic heterocycles. The number of halogens is 1. The summed E-state index contributed by atoms with van der Waals surface area (Å²) in [6.07, 6.45) is 1.07. The van der Waals surface area contributed by atoms with Gasteiger partial charge in [0.15, 0.2) is 0 Å². The Kier molecular flexibility index (Phi) is 5.40. The van der Waals surface area contributed by atoms with Crippen LogP contribution in [0.1, 0.15) is 31.0 Å². The second kappa shape index (κ2) is 7.06. The molecule has 0 aliphatic rings. The van der Waals surface area contributed by atoms with Crippen LogP contribution in [0.2, 0.25) is 0 Å². The van der Waals surface area contributed by atoms with E-state index in [2.05, 4.69) is 96.4 Å². The molecule has 2 aromatic carbocycles. The number of rotatable bonds is 5. The molecule has 0 fully saturated rings. The predicted octanol–water partition coefficient (Wildman–Crippen LogP) is 4.57. The van der Waals surface area contributed by atoms with E-state index in [1.54, 1.807) is 0 Å². The van der Waals surface area contributed by atoms with E-state index in [0.717, 1.165) is 6.42 Å². The quantitative estimate of drug-likeness (QED) is 0.766. The van der Waals surface area contributed by atoms with E-state index in [0.29, 0.717) is 12.1 Å². The van der Waals surface area contributed by atoms with Crippen molar-refractivity contribution in [1.29, 1.82) is 0 Å². The summed E-state index contributed by atoms with van der Waals surface area (Å²) in [6.45, 7) is 4.47. The Bertz CT molecular complexity index is 492. The van der Waals surface area contributed by atoms with Gasteiger partial charge in [0.05, 0.1) is 0 Å². The molecule has 0 saturated heterocycles. The summed E-state index contributed by atoms with van der Waals surface area (Å²) in [5, 5.41) is 3.66. The molecule has 0 bridgehead atoms. The molecule has 19 heavy (non-hydrogen) atoms. The van der Waals surface area contributed by atoms with Crippen LogP contribution in [0.15, 0.2) is 54.6 Å². The highest BCUT2D eigenvalue weighted by atomic mass is 127. The molecule has 0 aromatic heterocycles. The Morgan fingerprint density at radius 1 is 0.947 bits per heavy atom. The first kappa shape index (κ1) is 14.5. The number of hydrogen-bond acceptors (Lipinski definition) is 1. The lowest BCUT2D eigenvalue weighted by molar-refractivity contribution is 0.477. The van der Waals surface area contributed by atoms with Gasteiger partial charge in [-0.3, -0.25) is 0 Å². The Morgan fingerprint density at radius 3 is 2.21 bits per heavy atom. The van der Waals surface area contributed by atoms with Gasteiger partial charge in [0.2, 0.25) is 0 Å². The van der Waals surface area contributed by atoms with Crippen LogP contribution in [0.4, 0.5) is 0 Å². The lowest BCUT2D eigenvalue weighted by Gasteiger charge is -2.20. The zero-order chi connectivity index (χ0) is 13.7. The van der Waals surface area contributed by atoms with E-state index >= 15 is 0 Å². The molecule has 0 saturated carbocycles. The van der Waals surface area contributed by atoms with Gasteiger partial charge < -0.3 is 5.32 Å². The largest absolute Gasteiger partial charge is 0.307 e. The van der Waals surface area contributed by atoms with Crippen LogP contribution in [0.25, 0.3) is 0 Å². The van der Waals surface area contributed by atoms with E-state index in [-0.39, 0.29) is 0 Å². The van der Waals surface area contributed by atoms with Crippen molar-refractivity contribution in [2.75, 3.05) is 0 Å². The van der Waals surface area contributed by atoms with Gasteiger partial charge in [-0.25, -0.2) is 0 Å². The molecule has 0 amide bonds. The second-order valence-corrected chi connectivity index (χ2v) is 6.28. The zero-order valence-corrected chi connectivity index (χ0v) is 13.6. The molecule has 2 heteroatoms. The maximum absolute atomic E-state index is 3.66. The first-order chi connectivity index (χ1) is 9.15. The van der Waals surface area contributed by atoms with Crippen LogP contribution >= 0.6 is 22.6 Å². The third-order valence-electron chi connectivity index (χ3n) is 3.29. The third-order valence-corrected chi connectivity index (χ3v) is 4.01. The van der Waals surface area contributed by atoms with Crippen molar-refractivity contribution in [2.24, 2.45) is 0 Å². The SMILES string of the molecule is CC(Cc1ccccc1)NC(C)c1ccc(I)cc1. The first-order valence-electron chi connectivity index (χ1n) is 6.70. The molecule has 2 unspecified atom stereocenters. The second-order valence-electron chi connectivity index (χ2n) is 5.03.